The lowest BCUT2D eigenvalue weighted by Gasteiger charge is -2.31. The van der Waals surface area contributed by atoms with Gasteiger partial charge in [-0.1, -0.05) is 31.2 Å². The van der Waals surface area contributed by atoms with Crippen molar-refractivity contribution in [1.29, 1.82) is 0 Å². The van der Waals surface area contributed by atoms with Crippen LogP contribution in [0.3, 0.4) is 0 Å². The summed E-state index contributed by atoms with van der Waals surface area (Å²) in [7, 11) is 0. The Bertz CT molecular complexity index is 1330. The molecule has 2 aliphatic rings. The quantitative estimate of drug-likeness (QED) is 0.399. The fourth-order valence-electron chi connectivity index (χ4n) is 5.29. The van der Waals surface area contributed by atoms with Gasteiger partial charge in [0.15, 0.2) is 0 Å². The number of phenols is 1. The summed E-state index contributed by atoms with van der Waals surface area (Å²) in [6.45, 7) is 9.37. The van der Waals surface area contributed by atoms with Gasteiger partial charge in [0.25, 0.3) is 0 Å². The normalized spacial score (nSPS) is 20.3. The zero-order valence-corrected chi connectivity index (χ0v) is 21.5. The molecular weight excluding hydrogens is 466 g/mol. The van der Waals surface area contributed by atoms with E-state index in [1.807, 2.05) is 37.3 Å². The van der Waals surface area contributed by atoms with Gasteiger partial charge >= 0.3 is 5.97 Å². The van der Waals surface area contributed by atoms with E-state index in [1.165, 1.54) is 6.42 Å². The van der Waals surface area contributed by atoms with Crippen molar-refractivity contribution in [2.75, 3.05) is 19.7 Å². The van der Waals surface area contributed by atoms with Crippen LogP contribution < -0.4 is 9.47 Å². The summed E-state index contributed by atoms with van der Waals surface area (Å²) in [4.78, 5) is 14.1. The molecule has 2 N–H and O–H groups in total. The molecule has 3 unspecified atom stereocenters. The van der Waals surface area contributed by atoms with E-state index in [9.17, 15) is 15.0 Å². The molecule has 1 saturated heterocycles. The number of carbonyl (C=O) groups is 1. The highest BCUT2D eigenvalue weighted by molar-refractivity contribution is 5.97. The minimum absolute atomic E-state index is 0.151. The standard InChI is InChI=1S/C31H33NO5/c1-19-13-14-32(17-19)20(2)18-36-26-10-7-22(8-11-26)30-29(23-5-4-6-24(15-23)31(34)35)21(3)27-16-25(33)9-12-28(27)37-30/h4-12,15-16,19-20,30,33H,13-14,17-18H2,1-3H3,(H,34,35). The van der Waals surface area contributed by atoms with Crippen molar-refractivity contribution < 1.29 is 24.5 Å². The number of carboxylic acid groups (broad SMARTS) is 1. The number of allylic oxidation sites excluding steroid dienone is 1. The van der Waals surface area contributed by atoms with Crippen molar-refractivity contribution >= 4 is 17.1 Å². The molecule has 0 saturated carbocycles. The fourth-order valence-corrected chi connectivity index (χ4v) is 5.29. The molecule has 0 amide bonds. The number of ether oxygens (including phenoxy) is 2. The molecule has 0 aromatic heterocycles. The average Bonchev–Trinajstić information content (AvgIpc) is 3.34. The van der Waals surface area contributed by atoms with Crippen LogP contribution in [0.1, 0.15) is 60.3 Å². The van der Waals surface area contributed by atoms with E-state index in [1.54, 1.807) is 36.4 Å². The van der Waals surface area contributed by atoms with Crippen LogP contribution in [0.25, 0.3) is 11.1 Å². The smallest absolute Gasteiger partial charge is 0.335 e. The summed E-state index contributed by atoms with van der Waals surface area (Å²) in [5.41, 5.74) is 4.50. The molecular formula is C31H33NO5. The number of fused-ring (bicyclic) bond motifs is 1. The lowest BCUT2D eigenvalue weighted by Crippen LogP contribution is -2.35. The Labute approximate surface area is 217 Å². The van der Waals surface area contributed by atoms with Crippen LogP contribution in [-0.2, 0) is 0 Å². The second-order valence-electron chi connectivity index (χ2n) is 10.2. The van der Waals surface area contributed by atoms with Crippen molar-refractivity contribution in [3.63, 3.8) is 0 Å². The summed E-state index contributed by atoms with van der Waals surface area (Å²) < 4.78 is 12.6. The van der Waals surface area contributed by atoms with Crippen molar-refractivity contribution in [3.8, 4) is 17.2 Å². The molecule has 3 aromatic carbocycles. The molecule has 0 spiro atoms. The van der Waals surface area contributed by atoms with Gasteiger partial charge in [-0.25, -0.2) is 4.79 Å². The molecule has 3 atom stereocenters. The summed E-state index contributed by atoms with van der Waals surface area (Å²) in [6, 6.07) is 20.2. The second kappa shape index (κ2) is 10.3. The Balaban J connectivity index is 1.43. The van der Waals surface area contributed by atoms with Crippen LogP contribution in [-0.4, -0.2) is 46.8 Å². The van der Waals surface area contributed by atoms with Gasteiger partial charge in [0.1, 0.15) is 30.0 Å². The maximum atomic E-state index is 11.7. The minimum atomic E-state index is -0.981. The van der Waals surface area contributed by atoms with Gasteiger partial charge < -0.3 is 19.7 Å². The number of hydrogen-bond donors (Lipinski definition) is 2. The molecule has 5 rings (SSSR count). The van der Waals surface area contributed by atoms with E-state index >= 15 is 0 Å². The predicted octanol–water partition coefficient (Wildman–Crippen LogP) is 6.26. The molecule has 6 heteroatoms. The van der Waals surface area contributed by atoms with Crippen LogP contribution >= 0.6 is 0 Å². The van der Waals surface area contributed by atoms with Crippen LogP contribution in [0.2, 0.25) is 0 Å². The third-order valence-electron chi connectivity index (χ3n) is 7.45. The summed E-state index contributed by atoms with van der Waals surface area (Å²) >= 11 is 0. The van der Waals surface area contributed by atoms with E-state index in [2.05, 4.69) is 18.7 Å². The van der Waals surface area contributed by atoms with Gasteiger partial charge in [-0.2, -0.15) is 0 Å². The van der Waals surface area contributed by atoms with Gasteiger partial charge in [0.05, 0.1) is 5.56 Å². The highest BCUT2D eigenvalue weighted by atomic mass is 16.5. The Morgan fingerprint density at radius 2 is 1.92 bits per heavy atom. The molecule has 0 aliphatic carbocycles. The number of rotatable bonds is 7. The number of hydrogen-bond acceptors (Lipinski definition) is 5. The van der Waals surface area contributed by atoms with Crippen molar-refractivity contribution in [2.24, 2.45) is 5.92 Å². The van der Waals surface area contributed by atoms with E-state index in [-0.39, 0.29) is 11.3 Å². The average molecular weight is 500 g/mol. The number of benzene rings is 3. The predicted molar refractivity (Wildman–Crippen MR) is 144 cm³/mol. The SMILES string of the molecule is CC1=C(c2cccc(C(=O)O)c2)C(c2ccc(OCC(C)N3CCC(C)C3)cc2)Oc2ccc(O)cc21. The van der Waals surface area contributed by atoms with E-state index in [4.69, 9.17) is 9.47 Å². The number of aromatic carboxylic acids is 1. The number of phenolic OH excluding ortho intramolecular Hbond substituents is 1. The van der Waals surface area contributed by atoms with E-state index < -0.39 is 12.1 Å². The molecule has 37 heavy (non-hydrogen) atoms. The van der Waals surface area contributed by atoms with Gasteiger partial charge in [-0.05, 0) is 91.9 Å². The zero-order chi connectivity index (χ0) is 26.1. The maximum absolute atomic E-state index is 11.7. The van der Waals surface area contributed by atoms with Crippen molar-refractivity contribution in [2.45, 2.75) is 39.3 Å². The zero-order valence-electron chi connectivity index (χ0n) is 21.5. The third-order valence-corrected chi connectivity index (χ3v) is 7.45. The third kappa shape index (κ3) is 5.20. The first kappa shape index (κ1) is 24.9. The van der Waals surface area contributed by atoms with Crippen molar-refractivity contribution in [3.05, 3.63) is 89.0 Å². The van der Waals surface area contributed by atoms with Crippen LogP contribution in [0.15, 0.2) is 66.7 Å². The maximum Gasteiger partial charge on any atom is 0.335 e. The molecule has 2 aliphatic heterocycles. The molecule has 0 radical (unpaired) electrons. The topological polar surface area (TPSA) is 79.2 Å². The summed E-state index contributed by atoms with van der Waals surface area (Å²) in [6.07, 6.45) is 0.800. The summed E-state index contributed by atoms with van der Waals surface area (Å²) in [5.74, 6) is 1.39. The monoisotopic (exact) mass is 499 g/mol. The molecule has 2 heterocycles. The van der Waals surface area contributed by atoms with Crippen LogP contribution in [0.5, 0.6) is 17.2 Å². The molecule has 0 bridgehead atoms. The number of nitrogens with zero attached hydrogens (tertiary/aromatic N) is 1. The molecule has 1 fully saturated rings. The largest absolute Gasteiger partial charge is 0.508 e. The lowest BCUT2D eigenvalue weighted by molar-refractivity contribution is 0.0696. The van der Waals surface area contributed by atoms with Crippen LogP contribution in [0.4, 0.5) is 0 Å². The Morgan fingerprint density at radius 3 is 2.62 bits per heavy atom. The van der Waals surface area contributed by atoms with Gasteiger partial charge in [0.2, 0.25) is 0 Å². The molecule has 6 nitrogen and oxygen atoms in total. The minimum Gasteiger partial charge on any atom is -0.508 e. The second-order valence-corrected chi connectivity index (χ2v) is 10.2. The summed E-state index contributed by atoms with van der Waals surface area (Å²) in [5, 5.41) is 19.6. The first-order valence-corrected chi connectivity index (χ1v) is 12.8. The first-order chi connectivity index (χ1) is 17.8. The number of aromatic hydroxyl groups is 1. The molecule has 3 aromatic rings. The van der Waals surface area contributed by atoms with Crippen molar-refractivity contribution in [1.82, 2.24) is 4.90 Å². The van der Waals surface area contributed by atoms with Gasteiger partial charge in [-0.3, -0.25) is 4.90 Å². The van der Waals surface area contributed by atoms with Crippen LogP contribution in [0, 0.1) is 5.92 Å². The fraction of sp³-hybridized carbons (Fsp3) is 0.323. The highest BCUT2D eigenvalue weighted by Crippen LogP contribution is 2.47. The first-order valence-electron chi connectivity index (χ1n) is 12.8. The number of carboxylic acids is 1. The van der Waals surface area contributed by atoms with E-state index in [0.717, 1.165) is 52.6 Å². The van der Waals surface area contributed by atoms with Gasteiger partial charge in [0, 0.05) is 23.7 Å². The number of likely N-dealkylation sites (tertiary alicyclic amines) is 1. The highest BCUT2D eigenvalue weighted by Gasteiger charge is 2.30. The Kier molecular flexibility index (Phi) is 6.94. The Hall–Kier alpha value is -3.77. The lowest BCUT2D eigenvalue weighted by atomic mass is 9.85. The van der Waals surface area contributed by atoms with E-state index in [0.29, 0.717) is 18.4 Å². The molecule has 192 valence electrons. The Morgan fingerprint density at radius 1 is 1.14 bits per heavy atom. The van der Waals surface area contributed by atoms with Gasteiger partial charge in [-0.15, -0.1) is 0 Å².